The number of nitrogens with one attached hydrogen (secondary N) is 1. The monoisotopic (exact) mass is 361 g/mol. The maximum absolute atomic E-state index is 12.3. The first kappa shape index (κ1) is 18.7. The molecule has 0 spiro atoms. The molecule has 1 heterocycles. The highest BCUT2D eigenvalue weighted by atomic mass is 32.1. The second-order valence-electron chi connectivity index (χ2n) is 5.34. The predicted octanol–water partition coefficient (Wildman–Crippen LogP) is 2.69. The Bertz CT molecular complexity index is 739. The summed E-state index contributed by atoms with van der Waals surface area (Å²) in [6.07, 6.45) is -0.956. The van der Waals surface area contributed by atoms with Gasteiger partial charge in [0.2, 0.25) is 5.78 Å². The van der Waals surface area contributed by atoms with E-state index in [4.69, 9.17) is 9.47 Å². The van der Waals surface area contributed by atoms with Crippen LogP contribution in [0.25, 0.3) is 0 Å². The number of amides is 1. The molecule has 0 fully saturated rings. The second kappa shape index (κ2) is 8.43. The molecule has 1 aromatic carbocycles. The number of Topliss-reactive ketones (excluding diaryl/α,β-unsaturated/α-hetero) is 1. The molecular formula is C18H19NO5S. The van der Waals surface area contributed by atoms with Gasteiger partial charge >= 0.3 is 5.97 Å². The zero-order valence-corrected chi connectivity index (χ0v) is 15.0. The number of benzene rings is 1. The molecular weight excluding hydrogens is 342 g/mol. The molecule has 0 bridgehead atoms. The van der Waals surface area contributed by atoms with Gasteiger partial charge < -0.3 is 14.8 Å². The third kappa shape index (κ3) is 4.90. The van der Waals surface area contributed by atoms with Crippen molar-refractivity contribution in [1.82, 2.24) is 5.32 Å². The number of ether oxygens (including phenoxy) is 2. The van der Waals surface area contributed by atoms with Crippen molar-refractivity contribution < 1.29 is 23.9 Å². The molecule has 0 radical (unpaired) electrons. The maximum Gasteiger partial charge on any atom is 0.329 e. The molecule has 0 aliphatic carbocycles. The van der Waals surface area contributed by atoms with E-state index in [1.165, 1.54) is 32.3 Å². The van der Waals surface area contributed by atoms with Crippen LogP contribution < -0.4 is 10.1 Å². The lowest BCUT2D eigenvalue weighted by atomic mass is 10.1. The van der Waals surface area contributed by atoms with Crippen molar-refractivity contribution in [2.45, 2.75) is 26.0 Å². The smallest absolute Gasteiger partial charge is 0.329 e. The molecule has 2 aromatic rings. The Morgan fingerprint density at radius 2 is 1.76 bits per heavy atom. The van der Waals surface area contributed by atoms with Gasteiger partial charge in [0.05, 0.1) is 12.0 Å². The van der Waals surface area contributed by atoms with Crippen molar-refractivity contribution in [3.05, 3.63) is 52.2 Å². The molecule has 0 aliphatic heterocycles. The Morgan fingerprint density at radius 3 is 2.32 bits per heavy atom. The van der Waals surface area contributed by atoms with Gasteiger partial charge in [0.25, 0.3) is 5.91 Å². The van der Waals surface area contributed by atoms with E-state index < -0.39 is 18.1 Å². The first-order chi connectivity index (χ1) is 11.9. The summed E-state index contributed by atoms with van der Waals surface area (Å²) in [6, 6.07) is 9.07. The Balaban J connectivity index is 1.91. The Hall–Kier alpha value is -2.67. The van der Waals surface area contributed by atoms with Crippen molar-refractivity contribution in [3.8, 4) is 5.75 Å². The van der Waals surface area contributed by atoms with Crippen molar-refractivity contribution in [3.63, 3.8) is 0 Å². The highest BCUT2D eigenvalue weighted by molar-refractivity contribution is 7.12. The van der Waals surface area contributed by atoms with Crippen molar-refractivity contribution >= 4 is 29.0 Å². The van der Waals surface area contributed by atoms with Crippen molar-refractivity contribution in [2.75, 3.05) is 7.11 Å². The van der Waals surface area contributed by atoms with E-state index in [2.05, 4.69) is 5.32 Å². The predicted molar refractivity (Wildman–Crippen MR) is 94.1 cm³/mol. The van der Waals surface area contributed by atoms with E-state index >= 15 is 0 Å². The molecule has 25 heavy (non-hydrogen) atoms. The molecule has 0 saturated carbocycles. The number of carbonyl (C=O) groups is 3. The van der Waals surface area contributed by atoms with Gasteiger partial charge in [-0.25, -0.2) is 4.79 Å². The van der Waals surface area contributed by atoms with Crippen LogP contribution in [0.2, 0.25) is 0 Å². The van der Waals surface area contributed by atoms with Crippen LogP contribution in [0.5, 0.6) is 5.75 Å². The zero-order chi connectivity index (χ0) is 18.4. The fourth-order valence-electron chi connectivity index (χ4n) is 2.05. The molecule has 6 nitrogen and oxygen atoms in total. The van der Waals surface area contributed by atoms with Gasteiger partial charge in [0, 0.05) is 5.56 Å². The van der Waals surface area contributed by atoms with Crippen LogP contribution in [0.1, 0.15) is 33.9 Å². The fraction of sp³-hybridized carbons (Fsp3) is 0.278. The normalized spacial score (nSPS) is 12.8. The first-order valence-electron chi connectivity index (χ1n) is 7.65. The minimum Gasteiger partial charge on any atom is -0.497 e. The number of hydrogen-bond donors (Lipinski definition) is 1. The molecule has 1 aromatic heterocycles. The van der Waals surface area contributed by atoms with E-state index in [9.17, 15) is 14.4 Å². The SMILES string of the molecule is COc1ccc(C(=O)C(C)OC(=O)C(C)NC(=O)c2cccs2)cc1. The average Bonchev–Trinajstić information content (AvgIpc) is 3.15. The van der Waals surface area contributed by atoms with Gasteiger partial charge in [0.15, 0.2) is 6.10 Å². The summed E-state index contributed by atoms with van der Waals surface area (Å²) >= 11 is 1.28. The van der Waals surface area contributed by atoms with E-state index in [-0.39, 0.29) is 11.7 Å². The molecule has 0 saturated heterocycles. The highest BCUT2D eigenvalue weighted by Crippen LogP contribution is 2.14. The zero-order valence-electron chi connectivity index (χ0n) is 14.1. The Kier molecular flexibility index (Phi) is 6.30. The Morgan fingerprint density at radius 1 is 1.08 bits per heavy atom. The third-order valence-electron chi connectivity index (χ3n) is 3.48. The molecule has 0 aliphatic rings. The molecule has 132 valence electrons. The van der Waals surface area contributed by atoms with Crippen LogP contribution in [0.3, 0.4) is 0 Å². The molecule has 2 atom stereocenters. The minimum absolute atomic E-state index is 0.326. The second-order valence-corrected chi connectivity index (χ2v) is 6.29. The lowest BCUT2D eigenvalue weighted by Crippen LogP contribution is -2.41. The summed E-state index contributed by atoms with van der Waals surface area (Å²) in [5, 5.41) is 4.32. The lowest BCUT2D eigenvalue weighted by Gasteiger charge is -2.17. The molecule has 1 N–H and O–H groups in total. The van der Waals surface area contributed by atoms with Crippen molar-refractivity contribution in [2.24, 2.45) is 0 Å². The van der Waals surface area contributed by atoms with Crippen molar-refractivity contribution in [1.29, 1.82) is 0 Å². The number of rotatable bonds is 7. The number of thiophene rings is 1. The number of ketones is 1. The largest absolute Gasteiger partial charge is 0.497 e. The topological polar surface area (TPSA) is 81.7 Å². The third-order valence-corrected chi connectivity index (χ3v) is 4.35. The molecule has 2 unspecified atom stereocenters. The van der Waals surface area contributed by atoms with Gasteiger partial charge in [-0.1, -0.05) is 6.07 Å². The number of carbonyl (C=O) groups excluding carboxylic acids is 3. The Labute approximate surface area is 149 Å². The standard InChI is InChI=1S/C18H19NO5S/c1-11(19-17(21)15-5-4-10-25-15)18(22)24-12(2)16(20)13-6-8-14(23-3)9-7-13/h4-12H,1-3H3,(H,19,21). The van der Waals surface area contributed by atoms with E-state index in [1.54, 1.807) is 41.8 Å². The highest BCUT2D eigenvalue weighted by Gasteiger charge is 2.24. The summed E-state index contributed by atoms with van der Waals surface area (Å²) in [6.45, 7) is 3.01. The van der Waals surface area contributed by atoms with E-state index in [0.29, 0.717) is 16.2 Å². The maximum atomic E-state index is 12.3. The minimum atomic E-state index is -0.956. The summed E-state index contributed by atoms with van der Waals surface area (Å²) in [7, 11) is 1.53. The molecule has 1 amide bonds. The van der Waals surface area contributed by atoms with Gasteiger partial charge in [-0.3, -0.25) is 9.59 Å². The van der Waals surface area contributed by atoms with E-state index in [0.717, 1.165) is 0 Å². The summed E-state index contributed by atoms with van der Waals surface area (Å²) in [4.78, 5) is 36.8. The average molecular weight is 361 g/mol. The number of hydrogen-bond acceptors (Lipinski definition) is 6. The van der Waals surface area contributed by atoms with Gasteiger partial charge in [-0.15, -0.1) is 11.3 Å². The van der Waals surface area contributed by atoms with Crippen LogP contribution in [0.4, 0.5) is 0 Å². The van der Waals surface area contributed by atoms with Crippen LogP contribution in [0, 0.1) is 0 Å². The van der Waals surface area contributed by atoms with E-state index in [1.807, 2.05) is 0 Å². The number of esters is 1. The van der Waals surface area contributed by atoms with Gasteiger partial charge in [0.1, 0.15) is 11.8 Å². The van der Waals surface area contributed by atoms with Crippen LogP contribution in [-0.2, 0) is 9.53 Å². The van der Waals surface area contributed by atoms with Crippen LogP contribution >= 0.6 is 11.3 Å². The first-order valence-corrected chi connectivity index (χ1v) is 8.53. The summed E-state index contributed by atoms with van der Waals surface area (Å²) < 4.78 is 10.2. The number of methoxy groups -OCH3 is 1. The van der Waals surface area contributed by atoms with Crippen LogP contribution in [0.15, 0.2) is 41.8 Å². The lowest BCUT2D eigenvalue weighted by molar-refractivity contribution is -0.148. The quantitative estimate of drug-likeness (QED) is 0.606. The summed E-state index contributed by atoms with van der Waals surface area (Å²) in [5.74, 6) is -0.716. The summed E-state index contributed by atoms with van der Waals surface area (Å²) in [5.41, 5.74) is 0.413. The van der Waals surface area contributed by atoms with Gasteiger partial charge in [-0.2, -0.15) is 0 Å². The molecule has 2 rings (SSSR count). The van der Waals surface area contributed by atoms with Crippen LogP contribution in [-0.4, -0.2) is 36.9 Å². The van der Waals surface area contributed by atoms with Gasteiger partial charge in [-0.05, 0) is 49.6 Å². The fourth-order valence-corrected chi connectivity index (χ4v) is 2.68. The molecule has 7 heteroatoms.